The Kier molecular flexibility index (Phi) is 4.98. The minimum Gasteiger partial charge on any atom is -0.260 e. The van der Waals surface area contributed by atoms with Crippen molar-refractivity contribution in [1.29, 1.82) is 0 Å². The van der Waals surface area contributed by atoms with Gasteiger partial charge in [0.05, 0.1) is 29.2 Å². The maximum Gasteiger partial charge on any atom is 0.240 e. The van der Waals surface area contributed by atoms with Crippen molar-refractivity contribution in [3.05, 3.63) is 95.7 Å². The van der Waals surface area contributed by atoms with E-state index in [1.54, 1.807) is 24.3 Å². The second-order valence-corrected chi connectivity index (χ2v) is 8.51. The number of para-hydroxylation sites is 1. The number of nitrogens with one attached hydrogen (secondary N) is 1. The first-order chi connectivity index (χ1) is 13.5. The highest BCUT2D eigenvalue weighted by Gasteiger charge is 2.16. The highest BCUT2D eigenvalue weighted by Crippen LogP contribution is 2.20. The fourth-order valence-corrected chi connectivity index (χ4v) is 4.16. The molecule has 0 amide bonds. The molecule has 0 aliphatic rings. The van der Waals surface area contributed by atoms with Gasteiger partial charge in [-0.2, -0.15) is 5.10 Å². The first-order valence-electron chi connectivity index (χ1n) is 9.08. The van der Waals surface area contributed by atoms with Gasteiger partial charge in [-0.1, -0.05) is 66.2 Å². The van der Waals surface area contributed by atoms with Gasteiger partial charge in [0.15, 0.2) is 0 Å². The van der Waals surface area contributed by atoms with Crippen LogP contribution in [0.3, 0.4) is 0 Å². The second-order valence-electron chi connectivity index (χ2n) is 6.74. The van der Waals surface area contributed by atoms with Crippen LogP contribution in [0.4, 0.5) is 0 Å². The first-order valence-corrected chi connectivity index (χ1v) is 10.6. The van der Waals surface area contributed by atoms with Crippen molar-refractivity contribution in [2.75, 3.05) is 0 Å². The standard InChI is InChI=1S/C22H21N3O2S/c1-17-11-13-19(14-12-17)28(26,27)23-15-21-20-9-5-6-10-22(20)25(24-21)16-18-7-3-2-4-8-18/h2-14,23H,15-16H2,1H3. The summed E-state index contributed by atoms with van der Waals surface area (Å²) in [6.45, 7) is 2.69. The van der Waals surface area contributed by atoms with E-state index in [1.807, 2.05) is 54.1 Å². The van der Waals surface area contributed by atoms with Crippen molar-refractivity contribution < 1.29 is 8.42 Å². The lowest BCUT2D eigenvalue weighted by molar-refractivity contribution is 0.579. The van der Waals surface area contributed by atoms with Crippen LogP contribution in [0, 0.1) is 6.92 Å². The van der Waals surface area contributed by atoms with E-state index in [2.05, 4.69) is 22.0 Å². The predicted octanol–water partition coefficient (Wildman–Crippen LogP) is 3.87. The summed E-state index contributed by atoms with van der Waals surface area (Å²) in [7, 11) is -3.59. The number of nitrogens with zero attached hydrogens (tertiary/aromatic N) is 2. The quantitative estimate of drug-likeness (QED) is 0.543. The summed E-state index contributed by atoms with van der Waals surface area (Å²) in [5.41, 5.74) is 3.85. The number of hydrogen-bond acceptors (Lipinski definition) is 3. The molecule has 0 aliphatic carbocycles. The van der Waals surface area contributed by atoms with Crippen LogP contribution in [-0.2, 0) is 23.1 Å². The lowest BCUT2D eigenvalue weighted by Crippen LogP contribution is -2.23. The molecule has 4 aromatic rings. The molecule has 0 radical (unpaired) electrons. The molecule has 0 unspecified atom stereocenters. The molecule has 0 saturated heterocycles. The molecule has 28 heavy (non-hydrogen) atoms. The van der Waals surface area contributed by atoms with Crippen molar-refractivity contribution >= 4 is 20.9 Å². The zero-order valence-electron chi connectivity index (χ0n) is 15.5. The summed E-state index contributed by atoms with van der Waals surface area (Å²) in [5.74, 6) is 0. The number of sulfonamides is 1. The smallest absolute Gasteiger partial charge is 0.240 e. The van der Waals surface area contributed by atoms with Crippen LogP contribution in [0.2, 0.25) is 0 Å². The van der Waals surface area contributed by atoms with Crippen molar-refractivity contribution in [2.45, 2.75) is 24.9 Å². The molecule has 0 bridgehead atoms. The van der Waals surface area contributed by atoms with Gasteiger partial charge in [-0.05, 0) is 30.7 Å². The summed E-state index contributed by atoms with van der Waals surface area (Å²) >= 11 is 0. The number of benzene rings is 3. The summed E-state index contributed by atoms with van der Waals surface area (Å²) < 4.78 is 29.8. The molecule has 5 nitrogen and oxygen atoms in total. The second kappa shape index (κ2) is 7.58. The largest absolute Gasteiger partial charge is 0.260 e. The molecule has 1 heterocycles. The summed E-state index contributed by atoms with van der Waals surface area (Å²) in [6, 6.07) is 24.8. The average molecular weight is 391 g/mol. The minimum absolute atomic E-state index is 0.137. The van der Waals surface area contributed by atoms with E-state index in [0.29, 0.717) is 12.2 Å². The van der Waals surface area contributed by atoms with Crippen molar-refractivity contribution in [3.63, 3.8) is 0 Å². The molecule has 0 saturated carbocycles. The van der Waals surface area contributed by atoms with Gasteiger partial charge in [0.25, 0.3) is 0 Å². The monoisotopic (exact) mass is 391 g/mol. The van der Waals surface area contributed by atoms with Gasteiger partial charge in [0, 0.05) is 5.39 Å². The number of fused-ring (bicyclic) bond motifs is 1. The lowest BCUT2D eigenvalue weighted by Gasteiger charge is -2.06. The normalized spacial score (nSPS) is 11.8. The molecule has 0 fully saturated rings. The first kappa shape index (κ1) is 18.4. The highest BCUT2D eigenvalue weighted by atomic mass is 32.2. The topological polar surface area (TPSA) is 64.0 Å². The molecule has 0 aliphatic heterocycles. The third kappa shape index (κ3) is 3.83. The molecule has 6 heteroatoms. The van der Waals surface area contributed by atoms with Crippen LogP contribution in [-0.4, -0.2) is 18.2 Å². The van der Waals surface area contributed by atoms with Crippen LogP contribution in [0.1, 0.15) is 16.8 Å². The SMILES string of the molecule is Cc1ccc(S(=O)(=O)NCc2nn(Cc3ccccc3)c3ccccc23)cc1. The average Bonchev–Trinajstić information content (AvgIpc) is 3.05. The van der Waals surface area contributed by atoms with E-state index in [0.717, 1.165) is 22.0 Å². The Hall–Kier alpha value is -2.96. The van der Waals surface area contributed by atoms with Crippen LogP contribution >= 0.6 is 0 Å². The van der Waals surface area contributed by atoms with Gasteiger partial charge >= 0.3 is 0 Å². The lowest BCUT2D eigenvalue weighted by atomic mass is 10.2. The number of hydrogen-bond donors (Lipinski definition) is 1. The fraction of sp³-hybridized carbons (Fsp3) is 0.136. The Labute approximate surface area is 164 Å². The molecule has 4 rings (SSSR count). The zero-order chi connectivity index (χ0) is 19.6. The van der Waals surface area contributed by atoms with E-state index >= 15 is 0 Å². The summed E-state index contributed by atoms with van der Waals surface area (Å²) in [6.07, 6.45) is 0. The molecule has 0 atom stereocenters. The Morgan fingerprint density at radius 2 is 1.57 bits per heavy atom. The molecule has 0 spiro atoms. The Morgan fingerprint density at radius 1 is 0.893 bits per heavy atom. The van der Waals surface area contributed by atoms with Crippen LogP contribution < -0.4 is 4.72 Å². The van der Waals surface area contributed by atoms with Gasteiger partial charge in [-0.15, -0.1) is 0 Å². The molecule has 1 N–H and O–H groups in total. The van der Waals surface area contributed by atoms with E-state index in [9.17, 15) is 8.42 Å². The Balaban J connectivity index is 1.61. The highest BCUT2D eigenvalue weighted by molar-refractivity contribution is 7.89. The summed E-state index contributed by atoms with van der Waals surface area (Å²) in [4.78, 5) is 0.256. The predicted molar refractivity (Wildman–Crippen MR) is 110 cm³/mol. The van der Waals surface area contributed by atoms with Gasteiger partial charge in [-0.3, -0.25) is 4.68 Å². The maximum absolute atomic E-state index is 12.6. The van der Waals surface area contributed by atoms with Gasteiger partial charge in [0.2, 0.25) is 10.0 Å². The number of rotatable bonds is 6. The Morgan fingerprint density at radius 3 is 2.32 bits per heavy atom. The number of aryl methyl sites for hydroxylation is 1. The number of aromatic nitrogens is 2. The fourth-order valence-electron chi connectivity index (χ4n) is 3.17. The maximum atomic E-state index is 12.6. The Bertz CT molecular complexity index is 1200. The van der Waals surface area contributed by atoms with E-state index in [4.69, 9.17) is 0 Å². The van der Waals surface area contributed by atoms with Gasteiger partial charge in [0.1, 0.15) is 0 Å². The molecular weight excluding hydrogens is 370 g/mol. The minimum atomic E-state index is -3.59. The molecule has 1 aromatic heterocycles. The van der Waals surface area contributed by atoms with E-state index < -0.39 is 10.0 Å². The van der Waals surface area contributed by atoms with Crippen molar-refractivity contribution in [2.24, 2.45) is 0 Å². The van der Waals surface area contributed by atoms with Crippen LogP contribution in [0.5, 0.6) is 0 Å². The van der Waals surface area contributed by atoms with E-state index in [1.165, 1.54) is 0 Å². The third-order valence-corrected chi connectivity index (χ3v) is 6.09. The summed E-state index contributed by atoms with van der Waals surface area (Å²) in [5, 5.41) is 5.63. The molecule has 142 valence electrons. The van der Waals surface area contributed by atoms with Crippen LogP contribution in [0.15, 0.2) is 83.8 Å². The van der Waals surface area contributed by atoms with Crippen molar-refractivity contribution in [1.82, 2.24) is 14.5 Å². The third-order valence-electron chi connectivity index (χ3n) is 4.67. The van der Waals surface area contributed by atoms with Crippen LogP contribution in [0.25, 0.3) is 10.9 Å². The van der Waals surface area contributed by atoms with E-state index in [-0.39, 0.29) is 11.4 Å². The zero-order valence-corrected chi connectivity index (χ0v) is 16.4. The molecular formula is C22H21N3O2S. The van der Waals surface area contributed by atoms with Crippen molar-refractivity contribution in [3.8, 4) is 0 Å². The van der Waals surface area contributed by atoms with Gasteiger partial charge in [-0.25, -0.2) is 13.1 Å². The van der Waals surface area contributed by atoms with Gasteiger partial charge < -0.3 is 0 Å². The molecule has 3 aromatic carbocycles.